The van der Waals surface area contributed by atoms with E-state index in [1.807, 2.05) is 26.4 Å². The van der Waals surface area contributed by atoms with Crippen LogP contribution in [0, 0.1) is 10.8 Å². The molecule has 1 unspecified atom stereocenters. The van der Waals surface area contributed by atoms with Crippen molar-refractivity contribution in [2.24, 2.45) is 26.1 Å². The molecule has 0 spiro atoms. The molecule has 0 saturated heterocycles. The first-order valence-corrected chi connectivity index (χ1v) is 32.5. The minimum Gasteiger partial charge on any atom is -0.312 e. The highest BCUT2D eigenvalue weighted by molar-refractivity contribution is 5.88. The minimum absolute atomic E-state index is 0.00160. The lowest BCUT2D eigenvalue weighted by Crippen LogP contribution is -2.30. The lowest BCUT2D eigenvalue weighted by atomic mass is 9.82. The zero-order chi connectivity index (χ0) is 71.9. The fraction of sp³-hybridized carbons (Fsp3) is 0.814. The van der Waals surface area contributed by atoms with Crippen molar-refractivity contribution in [3.8, 4) is 0 Å². The summed E-state index contributed by atoms with van der Waals surface area (Å²) in [5.74, 6) is 3.86. The monoisotopic (exact) mass is 1270 g/mol. The molecule has 0 aromatic carbocycles. The van der Waals surface area contributed by atoms with Crippen molar-refractivity contribution in [3.05, 3.63) is 71.6 Å². The number of aromatic nitrogens is 18. The summed E-state index contributed by atoms with van der Waals surface area (Å²) < 4.78 is 7.95. The first-order chi connectivity index (χ1) is 40.0. The van der Waals surface area contributed by atoms with Crippen molar-refractivity contribution in [1.29, 1.82) is 0 Å². The Morgan fingerprint density at radius 3 is 1.13 bits per heavy atom. The van der Waals surface area contributed by atoms with E-state index in [0.29, 0.717) is 0 Å². The summed E-state index contributed by atoms with van der Waals surface area (Å²) in [4.78, 5) is 14.9. The molecule has 91 heavy (non-hydrogen) atoms. The van der Waals surface area contributed by atoms with Crippen LogP contribution < -0.4 is 0 Å². The van der Waals surface area contributed by atoms with Crippen molar-refractivity contribution in [1.82, 2.24) is 89.7 Å². The molecular weight excluding hydrogens is 1130 g/mol. The number of amidine groups is 1. The number of nitrogens with zero attached hydrogens (tertiary/aromatic N) is 20. The molecule has 0 amide bonds. The van der Waals surface area contributed by atoms with Crippen molar-refractivity contribution in [3.63, 3.8) is 0 Å². The van der Waals surface area contributed by atoms with E-state index < -0.39 is 0 Å². The summed E-state index contributed by atoms with van der Waals surface area (Å²) >= 11 is 0. The van der Waals surface area contributed by atoms with E-state index in [4.69, 9.17) is 0 Å². The van der Waals surface area contributed by atoms with E-state index in [1.54, 1.807) is 23.8 Å². The Balaban J connectivity index is 0.000000531. The van der Waals surface area contributed by atoms with E-state index >= 15 is 0 Å². The molecule has 21 nitrogen and oxygen atoms in total. The average Bonchev–Trinajstić information content (AvgIpc) is 1.81. The first-order valence-electron chi connectivity index (χ1n) is 32.5. The van der Waals surface area contributed by atoms with Gasteiger partial charge in [0.25, 0.3) is 0 Å². The number of azo groups is 1. The lowest BCUT2D eigenvalue weighted by Gasteiger charge is -2.27. The maximum atomic E-state index is 4.51. The standard InChI is InChI=1S/7C10H19N3/c1-9(2,3)8-12-11-7-13(8)10(4,5)6;1-9(2,3)8-11-7-13(12-8)10(4,5)6;1-9(2,3)8-11-7-12-13(8)10(4,5)6;1-9(2,3)7-11-8(13-12-7)10(4,5)6;1-9(2,3)8-7-13(12-11-8)10(4,5)6;1-9(2,3)8-7-11-13(12-8)10(4,5)6;1-9(2,3)7-8(10(4,5)6)12-13-11-7/h6*7H,1-6H3;1-6H3,(H,11,12,13). The summed E-state index contributed by atoms with van der Waals surface area (Å²) in [7, 11) is 0. The van der Waals surface area contributed by atoms with E-state index in [2.05, 4.69) is 377 Å². The average molecular weight is 1270 g/mol. The highest BCUT2D eigenvalue weighted by atomic mass is 15.5. The number of rotatable bonds is 0. The number of nitrogens with one attached hydrogen (secondary N) is 1. The smallest absolute Gasteiger partial charge is 0.167 e. The van der Waals surface area contributed by atoms with Gasteiger partial charge in [0.15, 0.2) is 17.8 Å². The summed E-state index contributed by atoms with van der Waals surface area (Å²) in [5.41, 5.74) is 4.88. The van der Waals surface area contributed by atoms with Crippen molar-refractivity contribution >= 4 is 5.84 Å². The number of H-pyrrole nitrogens is 1. The Hall–Kier alpha value is -5.89. The molecule has 0 radical (unpaired) electrons. The second-order valence-corrected chi connectivity index (χ2v) is 38.4. The fourth-order valence-electron chi connectivity index (χ4n) is 7.54. The van der Waals surface area contributed by atoms with Crippen molar-refractivity contribution in [2.45, 2.75) is 363 Å². The molecule has 1 atom stereocenters. The normalized spacial score (nSPS) is 14.8. The van der Waals surface area contributed by atoms with Crippen LogP contribution in [0.3, 0.4) is 0 Å². The number of aromatic amines is 1. The zero-order valence-corrected chi connectivity index (χ0v) is 65.9. The molecule has 6 aromatic heterocycles. The number of hydrogen-bond acceptors (Lipinski definition) is 15. The van der Waals surface area contributed by atoms with E-state index in [1.165, 1.54) is 0 Å². The molecule has 0 aliphatic carbocycles. The number of aliphatic imine (C=N–C) groups is 1. The van der Waals surface area contributed by atoms with Gasteiger partial charge < -0.3 is 4.57 Å². The predicted octanol–water partition coefficient (Wildman–Crippen LogP) is 17.3. The van der Waals surface area contributed by atoms with Crippen LogP contribution >= 0.6 is 0 Å². The lowest BCUT2D eigenvalue weighted by molar-refractivity contribution is 0.308. The summed E-state index contributed by atoms with van der Waals surface area (Å²) in [6.45, 7) is 89.6. The van der Waals surface area contributed by atoms with Crippen LogP contribution in [0.25, 0.3) is 0 Å². The van der Waals surface area contributed by atoms with Gasteiger partial charge >= 0.3 is 0 Å². The van der Waals surface area contributed by atoms with Gasteiger partial charge in [-0.1, -0.05) is 192 Å². The Labute approximate surface area is 553 Å². The largest absolute Gasteiger partial charge is 0.312 e. The summed E-state index contributed by atoms with van der Waals surface area (Å²) in [5, 5.41) is 53.3. The van der Waals surface area contributed by atoms with Gasteiger partial charge in [-0.05, 0) is 104 Å². The molecule has 0 saturated carbocycles. The molecule has 0 fully saturated rings. The molecule has 1 aliphatic heterocycles. The van der Waals surface area contributed by atoms with Gasteiger partial charge in [0.2, 0.25) is 0 Å². The van der Waals surface area contributed by atoms with Crippen molar-refractivity contribution in [2.75, 3.05) is 0 Å². The van der Waals surface area contributed by atoms with Gasteiger partial charge in [0, 0.05) is 60.5 Å². The molecule has 7 rings (SSSR count). The van der Waals surface area contributed by atoms with Crippen LogP contribution in [0.4, 0.5) is 0 Å². The van der Waals surface area contributed by atoms with E-state index in [-0.39, 0.29) is 82.6 Å². The minimum atomic E-state index is -0.0243. The third-order valence-electron chi connectivity index (χ3n) is 13.4. The maximum absolute atomic E-state index is 4.51. The maximum Gasteiger partial charge on any atom is 0.167 e. The van der Waals surface area contributed by atoms with Gasteiger partial charge in [0.1, 0.15) is 30.6 Å². The van der Waals surface area contributed by atoms with E-state index in [0.717, 1.165) is 46.1 Å². The molecule has 0 bridgehead atoms. The summed E-state index contributed by atoms with van der Waals surface area (Å²) in [6, 6.07) is 0. The Morgan fingerprint density at radius 2 is 0.879 bits per heavy atom. The SMILES string of the molecule is CC(C)(C)C1=NC(C(C)(C)C)N=N1.CC(C)(C)c1cn(C(C)(C)C)nn1.CC(C)(C)c1cnn(C(C)(C)C)n1.CC(C)(C)c1n[nH]nc1C(C)(C)C.CC(C)(C)c1ncn(C(C)(C)C)n1.CC(C)(C)c1ncnn1C(C)(C)C.CC(C)(C)c1nncn1C(C)(C)C. The second-order valence-electron chi connectivity index (χ2n) is 38.4. The fourth-order valence-corrected chi connectivity index (χ4v) is 7.54. The molecule has 6 aromatic rings. The van der Waals surface area contributed by atoms with Gasteiger partial charge in [-0.3, -0.25) is 0 Å². The number of hydrogen-bond donors (Lipinski definition) is 1. The zero-order valence-electron chi connectivity index (χ0n) is 65.9. The highest BCUT2D eigenvalue weighted by Crippen LogP contribution is 2.33. The van der Waals surface area contributed by atoms with Crippen LogP contribution in [-0.2, 0) is 65.6 Å². The van der Waals surface area contributed by atoms with E-state index in [9.17, 15) is 0 Å². The molecule has 1 N–H and O–H groups in total. The predicted molar refractivity (Wildman–Crippen MR) is 377 cm³/mol. The Morgan fingerprint density at radius 1 is 0.407 bits per heavy atom. The van der Waals surface area contributed by atoms with Crippen LogP contribution in [0.15, 0.2) is 46.6 Å². The van der Waals surface area contributed by atoms with Crippen molar-refractivity contribution < 1.29 is 0 Å². The Kier molecular flexibility index (Phi) is 26.7. The quantitative estimate of drug-likeness (QED) is 0.150. The molecule has 7 heterocycles. The topological polar surface area (TPSA) is 232 Å². The third kappa shape index (κ3) is 27.3. The third-order valence-corrected chi connectivity index (χ3v) is 13.4. The molecule has 21 heteroatoms. The van der Waals surface area contributed by atoms with Crippen LogP contribution in [-0.4, -0.2) is 102 Å². The van der Waals surface area contributed by atoms with Crippen LogP contribution in [0.1, 0.15) is 331 Å². The first kappa shape index (κ1) is 83.1. The second kappa shape index (κ2) is 29.2. The van der Waals surface area contributed by atoms with Gasteiger partial charge in [0.05, 0.1) is 51.1 Å². The summed E-state index contributed by atoms with van der Waals surface area (Å²) in [6.07, 6.45) is 9.12. The van der Waals surface area contributed by atoms with Crippen LogP contribution in [0.5, 0.6) is 0 Å². The molecule has 518 valence electrons. The van der Waals surface area contributed by atoms with Gasteiger partial charge in [-0.25, -0.2) is 29.0 Å². The van der Waals surface area contributed by atoms with Crippen LogP contribution in [0.2, 0.25) is 0 Å². The molecular formula is C70H133N21. The van der Waals surface area contributed by atoms with Gasteiger partial charge in [-0.2, -0.15) is 45.7 Å². The Bertz CT molecular complexity index is 2700. The molecule has 1 aliphatic rings. The van der Waals surface area contributed by atoms with Gasteiger partial charge in [-0.15, -0.1) is 20.4 Å². The highest BCUT2D eigenvalue weighted by Gasteiger charge is 2.33.